The molecular formula is C8H19ClO2S. The minimum atomic E-state index is -2.74. The maximum Gasteiger partial charge on any atom is 0.0535 e. The first kappa shape index (κ1) is 12.6. The predicted octanol–water partition coefficient (Wildman–Crippen LogP) is 4.25. The molecular weight excluding hydrogens is 196 g/mol. The fourth-order valence-corrected chi connectivity index (χ4v) is 1.96. The van der Waals surface area contributed by atoms with E-state index in [9.17, 15) is 0 Å². The van der Waals surface area contributed by atoms with E-state index in [-0.39, 0.29) is 0 Å². The van der Waals surface area contributed by atoms with Gasteiger partial charge < -0.3 is 0 Å². The van der Waals surface area contributed by atoms with E-state index in [2.05, 4.69) is 6.92 Å². The first-order valence-corrected chi connectivity index (χ1v) is 7.06. The van der Waals surface area contributed by atoms with Gasteiger partial charge in [0.05, 0.1) is 5.75 Å². The third kappa shape index (κ3) is 10.6. The number of halogens is 1. The van der Waals surface area contributed by atoms with Crippen LogP contribution in [0.2, 0.25) is 0 Å². The van der Waals surface area contributed by atoms with Gasteiger partial charge in [-0.15, -0.1) is 9.80 Å². The van der Waals surface area contributed by atoms with Crippen molar-refractivity contribution in [3.63, 3.8) is 0 Å². The van der Waals surface area contributed by atoms with E-state index in [1.54, 1.807) is 0 Å². The second kappa shape index (κ2) is 7.01. The summed E-state index contributed by atoms with van der Waals surface area (Å²) in [6, 6.07) is 0. The molecule has 0 aliphatic heterocycles. The maximum atomic E-state index is 8.82. The van der Waals surface area contributed by atoms with Gasteiger partial charge in [-0.2, -0.15) is 0 Å². The minimum Gasteiger partial charge on any atom is -0.285 e. The molecule has 0 aromatic heterocycles. The molecule has 0 aliphatic rings. The van der Waals surface area contributed by atoms with Crippen LogP contribution in [0.3, 0.4) is 0 Å². The smallest absolute Gasteiger partial charge is 0.0535 e. The van der Waals surface area contributed by atoms with Crippen LogP contribution in [0.1, 0.15) is 45.4 Å². The Bertz CT molecular complexity index is 104. The van der Waals surface area contributed by atoms with Gasteiger partial charge in [-0.05, 0) is 6.42 Å². The van der Waals surface area contributed by atoms with Crippen LogP contribution in [-0.4, -0.2) is 14.9 Å². The first-order valence-electron chi connectivity index (χ1n) is 4.52. The molecule has 12 heavy (non-hydrogen) atoms. The number of hydrogen-bond donors (Lipinski definition) is 2. The van der Waals surface area contributed by atoms with Crippen LogP contribution in [-0.2, 0) is 0 Å². The maximum absolute atomic E-state index is 8.82. The van der Waals surface area contributed by atoms with Gasteiger partial charge in [0.25, 0.3) is 0 Å². The van der Waals surface area contributed by atoms with Gasteiger partial charge >= 0.3 is 0 Å². The Hall–Kier alpha value is 0.560. The van der Waals surface area contributed by atoms with Gasteiger partial charge in [0.15, 0.2) is 0 Å². The zero-order valence-corrected chi connectivity index (χ0v) is 9.20. The van der Waals surface area contributed by atoms with Crippen molar-refractivity contribution in [2.45, 2.75) is 45.4 Å². The van der Waals surface area contributed by atoms with Crippen molar-refractivity contribution in [2.24, 2.45) is 0 Å². The first-order chi connectivity index (χ1) is 5.56. The van der Waals surface area contributed by atoms with Gasteiger partial charge in [0.1, 0.15) is 0 Å². The summed E-state index contributed by atoms with van der Waals surface area (Å²) >= 11 is 0. The highest BCUT2D eigenvalue weighted by atomic mass is 35.7. The fourth-order valence-electron chi connectivity index (χ4n) is 1.07. The molecule has 0 saturated heterocycles. The average Bonchev–Trinajstić information content (AvgIpc) is 1.94. The molecule has 0 unspecified atom stereocenters. The van der Waals surface area contributed by atoms with Crippen LogP contribution in [0.15, 0.2) is 0 Å². The predicted molar refractivity (Wildman–Crippen MR) is 56.9 cm³/mol. The van der Waals surface area contributed by atoms with Crippen molar-refractivity contribution < 1.29 is 9.11 Å². The average molecular weight is 215 g/mol. The molecule has 0 amide bonds. The second-order valence-electron chi connectivity index (χ2n) is 3.06. The van der Waals surface area contributed by atoms with Crippen molar-refractivity contribution >= 4 is 20.5 Å². The molecule has 0 spiro atoms. The van der Waals surface area contributed by atoms with E-state index < -0.39 is 9.80 Å². The summed E-state index contributed by atoms with van der Waals surface area (Å²) in [6.07, 6.45) is 6.83. The standard InChI is InChI=1S/C8H19ClO2S/c1-2-3-4-5-6-7-8-12(9,10)11/h10-11H,2-8H2,1H3. The summed E-state index contributed by atoms with van der Waals surface area (Å²) in [6.45, 7) is 2.18. The van der Waals surface area contributed by atoms with Crippen molar-refractivity contribution in [3.8, 4) is 0 Å². The highest BCUT2D eigenvalue weighted by Gasteiger charge is 2.05. The molecule has 0 fully saturated rings. The molecule has 0 atom stereocenters. The third-order valence-corrected chi connectivity index (χ3v) is 3.03. The fraction of sp³-hybridized carbons (Fsp3) is 1.00. The zero-order chi connectivity index (χ0) is 9.45. The Labute approximate surface area is 81.2 Å². The Morgan fingerprint density at radius 3 is 2.00 bits per heavy atom. The zero-order valence-electron chi connectivity index (χ0n) is 7.63. The van der Waals surface area contributed by atoms with E-state index in [4.69, 9.17) is 19.8 Å². The molecule has 0 aliphatic carbocycles. The lowest BCUT2D eigenvalue weighted by molar-refractivity contribution is 0.502. The molecule has 0 radical (unpaired) electrons. The van der Waals surface area contributed by atoms with Crippen LogP contribution in [0.25, 0.3) is 0 Å². The van der Waals surface area contributed by atoms with E-state index >= 15 is 0 Å². The number of hydrogen-bond acceptors (Lipinski definition) is 2. The molecule has 0 aromatic carbocycles. The highest BCUT2D eigenvalue weighted by molar-refractivity contribution is 8.43. The van der Waals surface area contributed by atoms with Crippen molar-refractivity contribution in [1.29, 1.82) is 0 Å². The lowest BCUT2D eigenvalue weighted by Gasteiger charge is -2.22. The lowest BCUT2D eigenvalue weighted by atomic mass is 10.1. The van der Waals surface area contributed by atoms with Gasteiger partial charge in [-0.3, -0.25) is 9.11 Å². The van der Waals surface area contributed by atoms with Crippen molar-refractivity contribution in [2.75, 3.05) is 5.75 Å². The second-order valence-corrected chi connectivity index (χ2v) is 6.12. The summed E-state index contributed by atoms with van der Waals surface area (Å²) in [5, 5.41) is 0. The lowest BCUT2D eigenvalue weighted by Crippen LogP contribution is -1.94. The summed E-state index contributed by atoms with van der Waals surface area (Å²) in [5.41, 5.74) is 0. The Kier molecular flexibility index (Phi) is 7.34. The molecule has 0 bridgehead atoms. The normalized spacial score (nSPS) is 13.3. The van der Waals surface area contributed by atoms with E-state index in [1.165, 1.54) is 25.7 Å². The van der Waals surface area contributed by atoms with Crippen LogP contribution < -0.4 is 0 Å². The van der Waals surface area contributed by atoms with E-state index in [0.29, 0.717) is 5.75 Å². The molecule has 0 heterocycles. The molecule has 0 rings (SSSR count). The van der Waals surface area contributed by atoms with E-state index in [0.717, 1.165) is 12.8 Å². The molecule has 76 valence electrons. The molecule has 2 N–H and O–H groups in total. The number of unbranched alkanes of at least 4 members (excludes halogenated alkanes) is 5. The Morgan fingerprint density at radius 1 is 1.00 bits per heavy atom. The topological polar surface area (TPSA) is 40.5 Å². The Balaban J connectivity index is 3.01. The molecule has 0 saturated carbocycles. The SMILES string of the molecule is CCCCCCCCS(O)(O)Cl. The molecule has 0 aromatic rings. The van der Waals surface area contributed by atoms with Crippen LogP contribution >= 0.6 is 20.5 Å². The van der Waals surface area contributed by atoms with Crippen LogP contribution in [0, 0.1) is 0 Å². The largest absolute Gasteiger partial charge is 0.285 e. The van der Waals surface area contributed by atoms with Gasteiger partial charge in [0.2, 0.25) is 0 Å². The summed E-state index contributed by atoms with van der Waals surface area (Å²) < 4.78 is 17.6. The summed E-state index contributed by atoms with van der Waals surface area (Å²) in [4.78, 5) is 0. The van der Waals surface area contributed by atoms with Crippen molar-refractivity contribution in [1.82, 2.24) is 0 Å². The number of rotatable bonds is 7. The summed E-state index contributed by atoms with van der Waals surface area (Å²) in [7, 11) is 2.52. The van der Waals surface area contributed by atoms with Crippen LogP contribution in [0.5, 0.6) is 0 Å². The molecule has 4 heteroatoms. The van der Waals surface area contributed by atoms with Crippen molar-refractivity contribution in [3.05, 3.63) is 0 Å². The van der Waals surface area contributed by atoms with Gasteiger partial charge in [-0.1, -0.05) is 39.0 Å². The quantitative estimate of drug-likeness (QED) is 0.622. The third-order valence-electron chi connectivity index (χ3n) is 1.76. The van der Waals surface area contributed by atoms with Crippen LogP contribution in [0.4, 0.5) is 0 Å². The summed E-state index contributed by atoms with van der Waals surface area (Å²) in [5.74, 6) is 0.348. The minimum absolute atomic E-state index is 0.348. The molecule has 2 nitrogen and oxygen atoms in total. The van der Waals surface area contributed by atoms with Gasteiger partial charge in [0, 0.05) is 10.7 Å². The highest BCUT2D eigenvalue weighted by Crippen LogP contribution is 2.44. The van der Waals surface area contributed by atoms with E-state index in [1.807, 2.05) is 0 Å². The monoisotopic (exact) mass is 214 g/mol. The van der Waals surface area contributed by atoms with Gasteiger partial charge in [-0.25, -0.2) is 0 Å². The Morgan fingerprint density at radius 2 is 1.50 bits per heavy atom.